The van der Waals surface area contributed by atoms with Crippen LogP contribution in [0.25, 0.3) is 0 Å². The molecule has 1 aliphatic carbocycles. The molecular weight excluding hydrogens is 303 g/mol. The van der Waals surface area contributed by atoms with Gasteiger partial charge >= 0.3 is 12.2 Å². The molecule has 2 aliphatic rings. The van der Waals surface area contributed by atoms with Crippen molar-refractivity contribution in [2.75, 3.05) is 13.1 Å². The summed E-state index contributed by atoms with van der Waals surface area (Å²) in [6.07, 6.45) is -1.44. The van der Waals surface area contributed by atoms with Gasteiger partial charge in [-0.15, -0.1) is 5.10 Å². The number of urea groups is 1. The summed E-state index contributed by atoms with van der Waals surface area (Å²) in [5.41, 5.74) is 0. The van der Waals surface area contributed by atoms with Crippen molar-refractivity contribution in [1.82, 2.24) is 25.2 Å². The number of carbonyl (C=O) groups is 1. The van der Waals surface area contributed by atoms with Crippen LogP contribution in [-0.2, 0) is 0 Å². The van der Waals surface area contributed by atoms with Crippen LogP contribution in [-0.4, -0.2) is 62.4 Å². The predicted molar refractivity (Wildman–Crippen MR) is 67.7 cm³/mol. The van der Waals surface area contributed by atoms with Gasteiger partial charge < -0.3 is 15.3 Å². The first-order valence-corrected chi connectivity index (χ1v) is 7.02. The zero-order chi connectivity index (χ0) is 15.9. The molecule has 1 saturated heterocycles. The van der Waals surface area contributed by atoms with E-state index in [-0.39, 0.29) is 13.1 Å². The van der Waals surface area contributed by atoms with Crippen molar-refractivity contribution in [3.63, 3.8) is 0 Å². The largest absolute Gasteiger partial charge is 0.408 e. The van der Waals surface area contributed by atoms with E-state index in [4.69, 9.17) is 0 Å². The number of nitrogens with one attached hydrogen (secondary N) is 1. The fourth-order valence-electron chi connectivity index (χ4n) is 2.71. The number of β-amino-alcohol motifs (C(OH)–C–C–N with tert-alkyl or cyclic N) is 1. The van der Waals surface area contributed by atoms with E-state index in [0.717, 1.165) is 0 Å². The number of aliphatic hydroxyl groups excluding tert-OH is 1. The number of hydrogen-bond acceptors (Lipinski definition) is 4. The summed E-state index contributed by atoms with van der Waals surface area (Å²) in [7, 11) is 0. The minimum absolute atomic E-state index is 0.0361. The Morgan fingerprint density at radius 2 is 2.09 bits per heavy atom. The molecule has 2 fully saturated rings. The van der Waals surface area contributed by atoms with Gasteiger partial charge in [0.05, 0.1) is 24.9 Å². The second-order valence-electron chi connectivity index (χ2n) is 5.73. The lowest BCUT2D eigenvalue weighted by Crippen LogP contribution is -2.51. The molecule has 1 unspecified atom stereocenters. The molecule has 1 aromatic rings. The Labute approximate surface area is 124 Å². The van der Waals surface area contributed by atoms with Crippen molar-refractivity contribution in [3.8, 4) is 0 Å². The van der Waals surface area contributed by atoms with Gasteiger partial charge in [-0.3, -0.25) is 0 Å². The Morgan fingerprint density at radius 3 is 2.64 bits per heavy atom. The van der Waals surface area contributed by atoms with Crippen LogP contribution in [0, 0.1) is 5.92 Å². The van der Waals surface area contributed by atoms with E-state index in [0.29, 0.717) is 12.8 Å². The smallest absolute Gasteiger partial charge is 0.389 e. The maximum atomic E-state index is 12.9. The first kappa shape index (κ1) is 15.1. The molecule has 0 bridgehead atoms. The van der Waals surface area contributed by atoms with Gasteiger partial charge in [0.15, 0.2) is 0 Å². The summed E-state index contributed by atoms with van der Waals surface area (Å²) in [5, 5.41) is 19.4. The van der Waals surface area contributed by atoms with E-state index in [1.165, 1.54) is 22.0 Å². The Hall–Kier alpha value is -1.84. The summed E-state index contributed by atoms with van der Waals surface area (Å²) in [5.74, 6) is -0.539. The van der Waals surface area contributed by atoms with Gasteiger partial charge in [0.25, 0.3) is 0 Å². The number of amides is 2. The number of nitrogens with zero attached hydrogens (tertiary/aromatic N) is 4. The Kier molecular flexibility index (Phi) is 3.71. The standard InChI is InChI=1S/C12H16F3N5O2/c13-12(14,15)10(7-1-2-7)17-11(22)19-5-8(9(21)6-19)20-4-3-16-18-20/h3-4,7-10,21H,1-2,5-6H2,(H,17,22)/t8-,9-,10?/m1/s1. The molecule has 0 spiro atoms. The lowest BCUT2D eigenvalue weighted by atomic mass is 10.2. The molecule has 3 rings (SSSR count). The first-order chi connectivity index (χ1) is 10.4. The number of carbonyl (C=O) groups excluding carboxylic acids is 1. The van der Waals surface area contributed by atoms with Crippen LogP contribution in [0.2, 0.25) is 0 Å². The summed E-state index contributed by atoms with van der Waals surface area (Å²) >= 11 is 0. The average molecular weight is 319 g/mol. The maximum absolute atomic E-state index is 12.9. The minimum atomic E-state index is -4.46. The average Bonchev–Trinajstić information content (AvgIpc) is 2.96. The van der Waals surface area contributed by atoms with Gasteiger partial charge in [-0.2, -0.15) is 13.2 Å². The molecule has 1 saturated carbocycles. The first-order valence-electron chi connectivity index (χ1n) is 7.02. The van der Waals surface area contributed by atoms with Crippen LogP contribution in [0.4, 0.5) is 18.0 Å². The zero-order valence-electron chi connectivity index (χ0n) is 11.6. The van der Waals surface area contributed by atoms with Crippen molar-refractivity contribution >= 4 is 6.03 Å². The van der Waals surface area contributed by atoms with Crippen LogP contribution >= 0.6 is 0 Å². The lowest BCUT2D eigenvalue weighted by molar-refractivity contribution is -0.158. The van der Waals surface area contributed by atoms with Crippen molar-refractivity contribution in [3.05, 3.63) is 12.4 Å². The fourth-order valence-corrected chi connectivity index (χ4v) is 2.71. The van der Waals surface area contributed by atoms with Crippen molar-refractivity contribution in [2.24, 2.45) is 5.92 Å². The Bertz CT molecular complexity index is 531. The molecule has 0 aromatic carbocycles. The molecule has 7 nitrogen and oxygen atoms in total. The monoisotopic (exact) mass is 319 g/mol. The highest BCUT2D eigenvalue weighted by molar-refractivity contribution is 5.75. The number of alkyl halides is 3. The van der Waals surface area contributed by atoms with Crippen LogP contribution < -0.4 is 5.32 Å². The van der Waals surface area contributed by atoms with E-state index in [1.54, 1.807) is 0 Å². The number of halogens is 3. The van der Waals surface area contributed by atoms with Crippen molar-refractivity contribution in [2.45, 2.75) is 37.2 Å². The van der Waals surface area contributed by atoms with Gasteiger partial charge in [-0.05, 0) is 18.8 Å². The van der Waals surface area contributed by atoms with Crippen molar-refractivity contribution in [1.29, 1.82) is 0 Å². The van der Waals surface area contributed by atoms with E-state index < -0.39 is 36.3 Å². The molecule has 3 atom stereocenters. The molecule has 1 aliphatic heterocycles. The molecular formula is C12H16F3N5O2. The highest BCUT2D eigenvalue weighted by Crippen LogP contribution is 2.40. The van der Waals surface area contributed by atoms with Gasteiger partial charge in [0.2, 0.25) is 0 Å². The maximum Gasteiger partial charge on any atom is 0.408 e. The quantitative estimate of drug-likeness (QED) is 0.852. The SMILES string of the molecule is O=C(NC(C1CC1)C(F)(F)F)N1C[C@@H](O)[C@H](n2ccnn2)C1. The lowest BCUT2D eigenvalue weighted by Gasteiger charge is -2.25. The second kappa shape index (κ2) is 5.41. The van der Waals surface area contributed by atoms with Gasteiger partial charge in [0.1, 0.15) is 6.04 Å². The number of likely N-dealkylation sites (tertiary alicyclic amines) is 1. The Balaban J connectivity index is 1.63. The molecule has 22 heavy (non-hydrogen) atoms. The minimum Gasteiger partial charge on any atom is -0.389 e. The molecule has 2 N–H and O–H groups in total. The summed E-state index contributed by atoms with van der Waals surface area (Å²) in [6, 6.07) is -3.13. The third-order valence-corrected chi connectivity index (χ3v) is 4.05. The molecule has 2 amide bonds. The van der Waals surface area contributed by atoms with Crippen LogP contribution in [0.1, 0.15) is 18.9 Å². The summed E-state index contributed by atoms with van der Waals surface area (Å²) in [4.78, 5) is 13.2. The molecule has 122 valence electrons. The van der Waals surface area contributed by atoms with Crippen LogP contribution in [0.5, 0.6) is 0 Å². The predicted octanol–water partition coefficient (Wildman–Crippen LogP) is 0.546. The summed E-state index contributed by atoms with van der Waals surface area (Å²) < 4.78 is 40.2. The van der Waals surface area contributed by atoms with E-state index in [1.807, 2.05) is 0 Å². The van der Waals surface area contributed by atoms with Gasteiger partial charge in [-0.1, -0.05) is 5.21 Å². The fraction of sp³-hybridized carbons (Fsp3) is 0.750. The number of aromatic nitrogens is 3. The summed E-state index contributed by atoms with van der Waals surface area (Å²) in [6.45, 7) is 0.0528. The molecule has 0 radical (unpaired) electrons. The highest BCUT2D eigenvalue weighted by Gasteiger charge is 2.50. The van der Waals surface area contributed by atoms with E-state index in [2.05, 4.69) is 15.6 Å². The van der Waals surface area contributed by atoms with E-state index in [9.17, 15) is 23.1 Å². The molecule has 2 heterocycles. The van der Waals surface area contributed by atoms with Crippen molar-refractivity contribution < 1.29 is 23.1 Å². The van der Waals surface area contributed by atoms with Gasteiger partial charge in [0, 0.05) is 12.7 Å². The van der Waals surface area contributed by atoms with Crippen LogP contribution in [0.3, 0.4) is 0 Å². The van der Waals surface area contributed by atoms with Crippen LogP contribution in [0.15, 0.2) is 12.4 Å². The number of aliphatic hydroxyl groups is 1. The zero-order valence-corrected chi connectivity index (χ0v) is 11.6. The highest BCUT2D eigenvalue weighted by atomic mass is 19.4. The third-order valence-electron chi connectivity index (χ3n) is 4.05. The van der Waals surface area contributed by atoms with Gasteiger partial charge in [-0.25, -0.2) is 9.48 Å². The Morgan fingerprint density at radius 1 is 1.36 bits per heavy atom. The topological polar surface area (TPSA) is 83.3 Å². The molecule has 10 heteroatoms. The number of rotatable bonds is 3. The van der Waals surface area contributed by atoms with E-state index >= 15 is 0 Å². The third kappa shape index (κ3) is 3.01. The number of hydrogen-bond donors (Lipinski definition) is 2. The normalized spacial score (nSPS) is 27.0. The second-order valence-corrected chi connectivity index (χ2v) is 5.73. The molecule has 1 aromatic heterocycles.